The van der Waals surface area contributed by atoms with Crippen molar-refractivity contribution in [1.29, 1.82) is 0 Å². The van der Waals surface area contributed by atoms with Crippen molar-refractivity contribution in [2.45, 2.75) is 6.42 Å². The van der Waals surface area contributed by atoms with E-state index in [1.165, 1.54) is 19.2 Å². The van der Waals surface area contributed by atoms with Crippen molar-refractivity contribution in [2.24, 2.45) is 5.73 Å². The maximum atomic E-state index is 14.7. The largest absolute Gasteiger partial charge is 0.494 e. The van der Waals surface area contributed by atoms with Crippen molar-refractivity contribution < 1.29 is 18.7 Å². The minimum Gasteiger partial charge on any atom is -0.494 e. The molecule has 0 spiro atoms. The molecule has 0 atom stereocenters. The van der Waals surface area contributed by atoms with Crippen LogP contribution in [0.4, 0.5) is 4.39 Å². The Hall–Kier alpha value is -2.56. The van der Waals surface area contributed by atoms with Gasteiger partial charge < -0.3 is 15.2 Å². The lowest BCUT2D eigenvalue weighted by molar-refractivity contribution is 0.100. The topological polar surface area (TPSA) is 61.5 Å². The average molecular weight is 287 g/mol. The maximum absolute atomic E-state index is 14.7. The number of fused-ring (bicyclic) bond motifs is 1. The summed E-state index contributed by atoms with van der Waals surface area (Å²) in [6.07, 6.45) is 0.667. The van der Waals surface area contributed by atoms with Crippen LogP contribution in [0.1, 0.15) is 15.9 Å². The number of carbonyl (C=O) groups is 1. The van der Waals surface area contributed by atoms with Crippen molar-refractivity contribution >= 4 is 5.91 Å². The van der Waals surface area contributed by atoms with Gasteiger partial charge in [0.15, 0.2) is 11.6 Å². The van der Waals surface area contributed by atoms with Crippen LogP contribution >= 0.6 is 0 Å². The molecular formula is C16H14FNO3. The number of rotatable bonds is 3. The first kappa shape index (κ1) is 13.4. The van der Waals surface area contributed by atoms with Gasteiger partial charge in [0.25, 0.3) is 0 Å². The molecule has 1 aliphatic heterocycles. The Morgan fingerprint density at radius 3 is 2.86 bits per heavy atom. The molecule has 0 aliphatic carbocycles. The van der Waals surface area contributed by atoms with E-state index in [0.717, 1.165) is 5.56 Å². The zero-order valence-corrected chi connectivity index (χ0v) is 11.5. The number of ether oxygens (including phenoxy) is 2. The summed E-state index contributed by atoms with van der Waals surface area (Å²) in [5, 5.41) is 0. The van der Waals surface area contributed by atoms with E-state index in [0.29, 0.717) is 24.3 Å². The molecule has 0 saturated heterocycles. The molecule has 1 amide bonds. The highest BCUT2D eigenvalue weighted by Crippen LogP contribution is 2.39. The highest BCUT2D eigenvalue weighted by atomic mass is 19.1. The molecular weight excluding hydrogens is 273 g/mol. The third-order valence-corrected chi connectivity index (χ3v) is 3.60. The summed E-state index contributed by atoms with van der Waals surface area (Å²) in [7, 11) is 1.38. The first-order chi connectivity index (χ1) is 10.1. The van der Waals surface area contributed by atoms with Gasteiger partial charge in [0, 0.05) is 17.5 Å². The lowest BCUT2D eigenvalue weighted by Crippen LogP contribution is -2.14. The fraction of sp³-hybridized carbons (Fsp3) is 0.188. The monoisotopic (exact) mass is 287 g/mol. The van der Waals surface area contributed by atoms with Gasteiger partial charge in [-0.1, -0.05) is 12.1 Å². The first-order valence-electron chi connectivity index (χ1n) is 6.55. The van der Waals surface area contributed by atoms with E-state index < -0.39 is 11.7 Å². The number of primary amides is 1. The molecule has 2 aromatic rings. The van der Waals surface area contributed by atoms with E-state index in [9.17, 15) is 9.18 Å². The molecule has 5 heteroatoms. The number of nitrogens with two attached hydrogens (primary N) is 1. The third kappa shape index (κ3) is 2.11. The molecule has 2 aromatic carbocycles. The molecule has 1 aliphatic rings. The summed E-state index contributed by atoms with van der Waals surface area (Å²) in [5.74, 6) is -0.478. The number of methoxy groups -OCH3 is 1. The van der Waals surface area contributed by atoms with Gasteiger partial charge in [-0.2, -0.15) is 0 Å². The predicted octanol–water partition coefficient (Wildman–Crippen LogP) is 2.54. The minimum absolute atomic E-state index is 0.0755. The second-order valence-corrected chi connectivity index (χ2v) is 4.75. The van der Waals surface area contributed by atoms with Gasteiger partial charge in [-0.05, 0) is 23.8 Å². The van der Waals surface area contributed by atoms with Crippen LogP contribution in [0.5, 0.6) is 11.5 Å². The Kier molecular flexibility index (Phi) is 3.25. The summed E-state index contributed by atoms with van der Waals surface area (Å²) in [6, 6.07) is 8.24. The summed E-state index contributed by atoms with van der Waals surface area (Å²) < 4.78 is 25.2. The molecule has 4 nitrogen and oxygen atoms in total. The smallest absolute Gasteiger partial charge is 0.249 e. The van der Waals surface area contributed by atoms with Crippen LogP contribution in [0.25, 0.3) is 11.1 Å². The number of carbonyl (C=O) groups excluding carboxylic acids is 1. The fourth-order valence-electron chi connectivity index (χ4n) is 2.64. The van der Waals surface area contributed by atoms with Gasteiger partial charge in [0.05, 0.1) is 19.3 Å². The van der Waals surface area contributed by atoms with Gasteiger partial charge in [-0.25, -0.2) is 4.39 Å². The quantitative estimate of drug-likeness (QED) is 0.943. The highest BCUT2D eigenvalue weighted by Gasteiger charge is 2.24. The number of halogens is 1. The SMILES string of the molecule is COc1ccc(C(N)=O)c(-c2cccc3c2CCO3)c1F. The molecule has 3 rings (SSSR count). The van der Waals surface area contributed by atoms with E-state index in [1.54, 1.807) is 12.1 Å². The van der Waals surface area contributed by atoms with Gasteiger partial charge in [-0.15, -0.1) is 0 Å². The standard InChI is InChI=1S/C16H14FNO3/c1-20-13-6-5-11(16(18)19)14(15(13)17)10-3-2-4-12-9(10)7-8-21-12/h2-6H,7-8H2,1H3,(H2,18,19). The fourth-order valence-corrected chi connectivity index (χ4v) is 2.64. The van der Waals surface area contributed by atoms with Gasteiger partial charge >= 0.3 is 0 Å². The molecule has 108 valence electrons. The second kappa shape index (κ2) is 5.09. The zero-order chi connectivity index (χ0) is 15.0. The normalized spacial score (nSPS) is 12.7. The Bertz CT molecular complexity index is 728. The van der Waals surface area contributed by atoms with Crippen LogP contribution in [0.2, 0.25) is 0 Å². The Morgan fingerprint density at radius 2 is 2.14 bits per heavy atom. The Balaban J connectivity index is 2.31. The molecule has 21 heavy (non-hydrogen) atoms. The summed E-state index contributed by atoms with van der Waals surface area (Å²) in [4.78, 5) is 11.6. The lowest BCUT2D eigenvalue weighted by Gasteiger charge is -2.14. The van der Waals surface area contributed by atoms with E-state index >= 15 is 0 Å². The minimum atomic E-state index is -0.678. The highest BCUT2D eigenvalue weighted by molar-refractivity contribution is 6.01. The summed E-state index contributed by atoms with van der Waals surface area (Å²) in [5.41, 5.74) is 7.19. The Labute approximate surface area is 121 Å². The first-order valence-corrected chi connectivity index (χ1v) is 6.55. The molecule has 1 heterocycles. The van der Waals surface area contributed by atoms with Gasteiger partial charge in [0.1, 0.15) is 5.75 Å². The second-order valence-electron chi connectivity index (χ2n) is 4.75. The number of benzene rings is 2. The molecule has 0 unspecified atom stereocenters. The van der Waals surface area contributed by atoms with Crippen LogP contribution in [0.15, 0.2) is 30.3 Å². The van der Waals surface area contributed by atoms with Crippen LogP contribution < -0.4 is 15.2 Å². The number of hydrogen-bond donors (Lipinski definition) is 1. The van der Waals surface area contributed by atoms with E-state index in [4.69, 9.17) is 15.2 Å². The summed E-state index contributed by atoms with van der Waals surface area (Å²) >= 11 is 0. The van der Waals surface area contributed by atoms with Gasteiger partial charge in [-0.3, -0.25) is 4.79 Å². The number of amides is 1. The van der Waals surface area contributed by atoms with Gasteiger partial charge in [0.2, 0.25) is 5.91 Å². The third-order valence-electron chi connectivity index (χ3n) is 3.60. The lowest BCUT2D eigenvalue weighted by atomic mass is 9.93. The molecule has 0 aromatic heterocycles. The van der Waals surface area contributed by atoms with Crippen LogP contribution in [-0.2, 0) is 6.42 Å². The molecule has 0 bridgehead atoms. The molecule has 0 radical (unpaired) electrons. The summed E-state index contributed by atoms with van der Waals surface area (Å²) in [6.45, 7) is 0.545. The van der Waals surface area contributed by atoms with Crippen molar-refractivity contribution in [3.63, 3.8) is 0 Å². The number of hydrogen-bond acceptors (Lipinski definition) is 3. The maximum Gasteiger partial charge on any atom is 0.249 e. The average Bonchev–Trinajstić information content (AvgIpc) is 2.95. The zero-order valence-electron chi connectivity index (χ0n) is 11.5. The Morgan fingerprint density at radius 1 is 1.33 bits per heavy atom. The van der Waals surface area contributed by atoms with Crippen LogP contribution in [-0.4, -0.2) is 19.6 Å². The molecule has 2 N–H and O–H groups in total. The van der Waals surface area contributed by atoms with E-state index in [2.05, 4.69) is 0 Å². The van der Waals surface area contributed by atoms with Crippen LogP contribution in [0, 0.1) is 5.82 Å². The van der Waals surface area contributed by atoms with E-state index in [1.807, 2.05) is 6.07 Å². The van der Waals surface area contributed by atoms with Crippen molar-refractivity contribution in [1.82, 2.24) is 0 Å². The van der Waals surface area contributed by atoms with Crippen LogP contribution in [0.3, 0.4) is 0 Å². The van der Waals surface area contributed by atoms with Crippen molar-refractivity contribution in [2.75, 3.05) is 13.7 Å². The van der Waals surface area contributed by atoms with Crippen molar-refractivity contribution in [3.05, 3.63) is 47.3 Å². The molecule has 0 saturated carbocycles. The molecule has 0 fully saturated rings. The predicted molar refractivity (Wildman–Crippen MR) is 76.1 cm³/mol. The van der Waals surface area contributed by atoms with Crippen molar-refractivity contribution in [3.8, 4) is 22.6 Å². The van der Waals surface area contributed by atoms with E-state index in [-0.39, 0.29) is 16.9 Å².